The summed E-state index contributed by atoms with van der Waals surface area (Å²) < 4.78 is 19.5. The molecule has 3 nitrogen and oxygen atoms in total. The zero-order chi connectivity index (χ0) is 20.4. The van der Waals surface area contributed by atoms with Gasteiger partial charge in [-0.15, -0.1) is 0 Å². The quantitative estimate of drug-likeness (QED) is 0.544. The minimum absolute atomic E-state index is 0.0751. The molecule has 0 radical (unpaired) electrons. The van der Waals surface area contributed by atoms with Gasteiger partial charge in [0, 0.05) is 16.5 Å². The lowest BCUT2D eigenvalue weighted by Crippen LogP contribution is -2.26. The molecule has 3 aromatic rings. The molecule has 1 aromatic carbocycles. The third-order valence-corrected chi connectivity index (χ3v) is 4.93. The van der Waals surface area contributed by atoms with Crippen molar-refractivity contribution in [3.8, 4) is 22.8 Å². The van der Waals surface area contributed by atoms with Crippen LogP contribution in [-0.4, -0.2) is 10.7 Å². The fourth-order valence-electron chi connectivity index (χ4n) is 3.08. The SMILES string of the molecule is CC/C(C)=c1\cc(-c2ccc(-c3ccc(F)c(Cl)c3)o2)[nH]\c1=C(/C)N=C(C)C. The summed E-state index contributed by atoms with van der Waals surface area (Å²) in [6, 6.07) is 10.4. The Kier molecular flexibility index (Phi) is 5.90. The van der Waals surface area contributed by atoms with E-state index in [1.54, 1.807) is 12.1 Å². The van der Waals surface area contributed by atoms with E-state index in [0.717, 1.165) is 39.7 Å². The van der Waals surface area contributed by atoms with Crippen LogP contribution in [0.15, 0.2) is 45.8 Å². The number of hydrogen-bond acceptors (Lipinski definition) is 2. The second kappa shape index (κ2) is 8.19. The molecule has 0 aliphatic carbocycles. The first-order chi connectivity index (χ1) is 13.3. The zero-order valence-electron chi connectivity index (χ0n) is 16.8. The van der Waals surface area contributed by atoms with Crippen LogP contribution in [0.4, 0.5) is 4.39 Å². The Hall–Kier alpha value is -2.59. The van der Waals surface area contributed by atoms with Gasteiger partial charge in [0.05, 0.1) is 21.8 Å². The Morgan fingerprint density at radius 1 is 1.07 bits per heavy atom. The average Bonchev–Trinajstić information content (AvgIpc) is 3.29. The standard InChI is InChI=1S/C23H24ClFN2O/c1-6-14(4)17-12-20(27-23(17)15(5)26-13(2)3)22-10-9-21(28-22)16-7-8-19(25)18(24)11-16/h7-12,27H,6H2,1-5H3/b17-14+,23-15+. The highest BCUT2D eigenvalue weighted by molar-refractivity contribution is 6.31. The van der Waals surface area contributed by atoms with E-state index in [-0.39, 0.29) is 5.02 Å². The Bertz CT molecular complexity index is 1160. The van der Waals surface area contributed by atoms with Crippen molar-refractivity contribution in [3.63, 3.8) is 0 Å². The summed E-state index contributed by atoms with van der Waals surface area (Å²) in [5, 5.41) is 2.21. The average molecular weight is 399 g/mol. The van der Waals surface area contributed by atoms with E-state index < -0.39 is 5.82 Å². The van der Waals surface area contributed by atoms with Crippen molar-refractivity contribution in [2.45, 2.75) is 41.0 Å². The van der Waals surface area contributed by atoms with Gasteiger partial charge in [-0.2, -0.15) is 0 Å². The number of nitrogens with one attached hydrogen (secondary N) is 1. The number of furan rings is 1. The van der Waals surface area contributed by atoms with Gasteiger partial charge in [-0.3, -0.25) is 4.99 Å². The number of aromatic amines is 1. The number of halogens is 2. The van der Waals surface area contributed by atoms with Crippen LogP contribution < -0.4 is 10.6 Å². The lowest BCUT2D eigenvalue weighted by atomic mass is 10.1. The summed E-state index contributed by atoms with van der Waals surface area (Å²) in [6.45, 7) is 10.2. The molecule has 0 bridgehead atoms. The van der Waals surface area contributed by atoms with Gasteiger partial charge in [0.15, 0.2) is 5.76 Å². The number of aliphatic imine (C=N–C) groups is 1. The van der Waals surface area contributed by atoms with Crippen LogP contribution in [0.5, 0.6) is 0 Å². The van der Waals surface area contributed by atoms with E-state index >= 15 is 0 Å². The van der Waals surface area contributed by atoms with Gasteiger partial charge in [-0.25, -0.2) is 4.39 Å². The van der Waals surface area contributed by atoms with Crippen LogP contribution in [0.2, 0.25) is 5.02 Å². The number of aromatic nitrogens is 1. The van der Waals surface area contributed by atoms with Crippen LogP contribution in [0.25, 0.3) is 34.0 Å². The van der Waals surface area contributed by atoms with Crippen LogP contribution in [0.3, 0.4) is 0 Å². The molecule has 0 atom stereocenters. The predicted molar refractivity (Wildman–Crippen MR) is 115 cm³/mol. The van der Waals surface area contributed by atoms with Crippen molar-refractivity contribution < 1.29 is 8.81 Å². The minimum Gasteiger partial charge on any atom is -0.455 e. The minimum atomic E-state index is -0.445. The second-order valence-corrected chi connectivity index (χ2v) is 7.45. The van der Waals surface area contributed by atoms with Crippen LogP contribution in [0, 0.1) is 5.82 Å². The molecular formula is C23H24ClFN2O. The van der Waals surface area contributed by atoms with Gasteiger partial charge < -0.3 is 9.40 Å². The predicted octanol–water partition coefficient (Wildman–Crippen LogP) is 5.92. The monoisotopic (exact) mass is 398 g/mol. The highest BCUT2D eigenvalue weighted by Crippen LogP contribution is 2.29. The van der Waals surface area contributed by atoms with E-state index in [0.29, 0.717) is 11.5 Å². The lowest BCUT2D eigenvalue weighted by molar-refractivity contribution is 0.594. The third-order valence-electron chi connectivity index (χ3n) is 4.64. The van der Waals surface area contributed by atoms with E-state index in [9.17, 15) is 4.39 Å². The molecule has 0 spiro atoms. The first-order valence-corrected chi connectivity index (χ1v) is 9.65. The molecule has 0 unspecified atom stereocenters. The maximum absolute atomic E-state index is 13.4. The van der Waals surface area contributed by atoms with Gasteiger partial charge >= 0.3 is 0 Å². The fraction of sp³-hybridized carbons (Fsp3) is 0.261. The van der Waals surface area contributed by atoms with Gasteiger partial charge in [-0.05, 0) is 70.5 Å². The van der Waals surface area contributed by atoms with Crippen LogP contribution in [-0.2, 0) is 0 Å². The number of H-pyrrole nitrogens is 1. The van der Waals surface area contributed by atoms with Crippen molar-refractivity contribution in [1.82, 2.24) is 4.98 Å². The molecule has 0 saturated carbocycles. The van der Waals surface area contributed by atoms with Gasteiger partial charge in [0.25, 0.3) is 0 Å². The summed E-state index contributed by atoms with van der Waals surface area (Å²) in [5.74, 6) is 0.893. The van der Waals surface area contributed by atoms with Crippen molar-refractivity contribution in [3.05, 3.63) is 57.8 Å². The topological polar surface area (TPSA) is 41.3 Å². The molecule has 0 fully saturated rings. The second-order valence-electron chi connectivity index (χ2n) is 7.04. The van der Waals surface area contributed by atoms with Crippen molar-refractivity contribution in [2.75, 3.05) is 0 Å². The maximum atomic E-state index is 13.4. The summed E-state index contributed by atoms with van der Waals surface area (Å²) in [4.78, 5) is 8.07. The Morgan fingerprint density at radius 3 is 2.43 bits per heavy atom. The Labute approximate surface area is 169 Å². The van der Waals surface area contributed by atoms with Crippen molar-refractivity contribution in [2.24, 2.45) is 4.99 Å². The smallest absolute Gasteiger partial charge is 0.151 e. The van der Waals surface area contributed by atoms with E-state index in [1.165, 1.54) is 11.6 Å². The van der Waals surface area contributed by atoms with Gasteiger partial charge in [0.1, 0.15) is 11.6 Å². The summed E-state index contributed by atoms with van der Waals surface area (Å²) in [5.41, 5.74) is 4.82. The van der Waals surface area contributed by atoms with Gasteiger partial charge in [0.2, 0.25) is 0 Å². The molecule has 28 heavy (non-hydrogen) atoms. The van der Waals surface area contributed by atoms with E-state index in [2.05, 4.69) is 29.9 Å². The first kappa shape index (κ1) is 20.2. The zero-order valence-corrected chi connectivity index (χ0v) is 17.5. The van der Waals surface area contributed by atoms with Crippen molar-refractivity contribution >= 4 is 28.6 Å². The fourth-order valence-corrected chi connectivity index (χ4v) is 3.26. The number of hydrogen-bond donors (Lipinski definition) is 1. The molecule has 5 heteroatoms. The lowest BCUT2D eigenvalue weighted by Gasteiger charge is -1.99. The molecule has 2 aromatic heterocycles. The summed E-state index contributed by atoms with van der Waals surface area (Å²) >= 11 is 5.90. The van der Waals surface area contributed by atoms with Gasteiger partial charge in [-0.1, -0.05) is 24.1 Å². The number of nitrogens with zero attached hydrogens (tertiary/aromatic N) is 1. The molecule has 3 rings (SSSR count). The normalized spacial score (nSPS) is 13.4. The largest absolute Gasteiger partial charge is 0.455 e. The molecule has 0 aliphatic heterocycles. The molecule has 1 N–H and O–H groups in total. The Balaban J connectivity index is 2.13. The molecule has 0 aliphatic rings. The Morgan fingerprint density at radius 2 is 1.79 bits per heavy atom. The molecule has 0 saturated heterocycles. The molecule has 0 amide bonds. The highest BCUT2D eigenvalue weighted by Gasteiger charge is 2.11. The molecule has 2 heterocycles. The number of rotatable bonds is 4. The van der Waals surface area contributed by atoms with Crippen LogP contribution >= 0.6 is 11.6 Å². The van der Waals surface area contributed by atoms with E-state index in [4.69, 9.17) is 16.0 Å². The molecule has 146 valence electrons. The summed E-state index contributed by atoms with van der Waals surface area (Å²) in [6.07, 6.45) is 0.948. The highest BCUT2D eigenvalue weighted by atomic mass is 35.5. The molecular weight excluding hydrogens is 375 g/mol. The van der Waals surface area contributed by atoms with Crippen molar-refractivity contribution in [1.29, 1.82) is 0 Å². The number of benzene rings is 1. The summed E-state index contributed by atoms with van der Waals surface area (Å²) in [7, 11) is 0. The maximum Gasteiger partial charge on any atom is 0.151 e. The van der Waals surface area contributed by atoms with Crippen LogP contribution in [0.1, 0.15) is 41.0 Å². The third kappa shape index (κ3) is 4.12. The van der Waals surface area contributed by atoms with E-state index in [1.807, 2.05) is 32.9 Å². The first-order valence-electron chi connectivity index (χ1n) is 9.27.